The minimum Gasteiger partial charge on any atom is -0.394 e. The molecular weight excluding hydrogens is 232 g/mol. The van der Waals surface area contributed by atoms with Crippen molar-refractivity contribution in [2.24, 2.45) is 5.92 Å². The number of H-pyrrole nitrogens is 1. The van der Waals surface area contributed by atoms with Crippen LogP contribution in [0.1, 0.15) is 25.2 Å². The van der Waals surface area contributed by atoms with E-state index in [1.807, 2.05) is 13.8 Å². The van der Waals surface area contributed by atoms with Gasteiger partial charge in [-0.05, 0) is 5.92 Å². The minimum atomic E-state index is -0.270. The lowest BCUT2D eigenvalue weighted by molar-refractivity contribution is -0.124. The molecular formula is C12H20N4O2. The van der Waals surface area contributed by atoms with E-state index in [1.165, 1.54) is 0 Å². The number of nitrogens with one attached hydrogen (secondary N) is 3. The number of rotatable bonds is 4. The standard InChI is InChI=1S/C12H20N4O2/c1-7(2)11(5-17)16-12(18)9-3-8-10(4-13-9)15-6-14-8/h6-7,9,11,13,17H,3-5H2,1-2H3,(H,14,15)(H,16,18)/t9?,11-/m1/s1. The molecule has 2 heterocycles. The largest absolute Gasteiger partial charge is 0.394 e. The number of fused-ring (bicyclic) bond motifs is 1. The Labute approximate surface area is 106 Å². The van der Waals surface area contributed by atoms with Crippen molar-refractivity contribution in [1.82, 2.24) is 20.6 Å². The molecule has 6 heteroatoms. The Morgan fingerprint density at radius 2 is 2.44 bits per heavy atom. The van der Waals surface area contributed by atoms with Crippen molar-refractivity contribution in [3.05, 3.63) is 17.7 Å². The average molecular weight is 252 g/mol. The van der Waals surface area contributed by atoms with E-state index in [1.54, 1.807) is 6.33 Å². The van der Waals surface area contributed by atoms with E-state index in [9.17, 15) is 9.90 Å². The first-order valence-corrected chi connectivity index (χ1v) is 6.27. The van der Waals surface area contributed by atoms with E-state index in [4.69, 9.17) is 0 Å². The van der Waals surface area contributed by atoms with Crippen molar-refractivity contribution in [3.8, 4) is 0 Å². The average Bonchev–Trinajstić information content (AvgIpc) is 2.82. The number of hydrogen-bond acceptors (Lipinski definition) is 4. The number of carbonyl (C=O) groups is 1. The maximum Gasteiger partial charge on any atom is 0.237 e. The molecule has 0 aliphatic carbocycles. The molecule has 2 atom stereocenters. The summed E-state index contributed by atoms with van der Waals surface area (Å²) >= 11 is 0. The molecule has 1 aliphatic heterocycles. The highest BCUT2D eigenvalue weighted by atomic mass is 16.3. The van der Waals surface area contributed by atoms with E-state index in [0.717, 1.165) is 11.4 Å². The summed E-state index contributed by atoms with van der Waals surface area (Å²) in [6, 6.07) is -0.464. The minimum absolute atomic E-state index is 0.0379. The van der Waals surface area contributed by atoms with Gasteiger partial charge in [-0.15, -0.1) is 0 Å². The molecule has 1 amide bonds. The maximum absolute atomic E-state index is 12.1. The third-order valence-corrected chi connectivity index (χ3v) is 3.38. The Hall–Kier alpha value is -1.40. The van der Waals surface area contributed by atoms with Gasteiger partial charge >= 0.3 is 0 Å². The number of aromatic nitrogens is 2. The zero-order chi connectivity index (χ0) is 13.1. The summed E-state index contributed by atoms with van der Waals surface area (Å²) in [5.74, 6) is 0.139. The Balaban J connectivity index is 1.95. The van der Waals surface area contributed by atoms with Gasteiger partial charge < -0.3 is 15.4 Å². The third kappa shape index (κ3) is 2.70. The quantitative estimate of drug-likeness (QED) is 0.584. The Kier molecular flexibility index (Phi) is 3.98. The molecule has 0 spiro atoms. The predicted octanol–water partition coefficient (Wildman–Crippen LogP) is -0.443. The van der Waals surface area contributed by atoms with Crippen LogP contribution in [0.4, 0.5) is 0 Å². The number of carbonyl (C=O) groups excluding carboxylic acids is 1. The molecule has 1 unspecified atom stereocenters. The zero-order valence-electron chi connectivity index (χ0n) is 10.7. The topological polar surface area (TPSA) is 90.0 Å². The van der Waals surface area contributed by atoms with Crippen LogP contribution in [0, 0.1) is 5.92 Å². The fourth-order valence-corrected chi connectivity index (χ4v) is 2.06. The number of nitrogens with zero attached hydrogens (tertiary/aromatic N) is 1. The lowest BCUT2D eigenvalue weighted by atomic mass is 10.0. The van der Waals surface area contributed by atoms with Crippen molar-refractivity contribution < 1.29 is 9.90 Å². The second-order valence-corrected chi connectivity index (χ2v) is 5.01. The summed E-state index contributed by atoms with van der Waals surface area (Å²) < 4.78 is 0. The van der Waals surface area contributed by atoms with Gasteiger partial charge in [0.2, 0.25) is 5.91 Å². The van der Waals surface area contributed by atoms with E-state index < -0.39 is 0 Å². The first kappa shape index (κ1) is 13.0. The van der Waals surface area contributed by atoms with Gasteiger partial charge in [0.25, 0.3) is 0 Å². The fraction of sp³-hybridized carbons (Fsp3) is 0.667. The summed E-state index contributed by atoms with van der Waals surface area (Å²) in [5.41, 5.74) is 1.99. The van der Waals surface area contributed by atoms with Gasteiger partial charge in [0, 0.05) is 13.0 Å². The van der Waals surface area contributed by atoms with Gasteiger partial charge in [-0.25, -0.2) is 4.98 Å². The lowest BCUT2D eigenvalue weighted by Gasteiger charge is -2.26. The zero-order valence-corrected chi connectivity index (χ0v) is 10.7. The van der Waals surface area contributed by atoms with Gasteiger partial charge in [0.15, 0.2) is 0 Å². The van der Waals surface area contributed by atoms with Crippen LogP contribution in [0.25, 0.3) is 0 Å². The molecule has 0 aromatic carbocycles. The van der Waals surface area contributed by atoms with Gasteiger partial charge in [-0.3, -0.25) is 10.1 Å². The Morgan fingerprint density at radius 1 is 1.67 bits per heavy atom. The fourth-order valence-electron chi connectivity index (χ4n) is 2.06. The molecule has 0 radical (unpaired) electrons. The summed E-state index contributed by atoms with van der Waals surface area (Å²) in [5, 5.41) is 15.2. The molecule has 1 aliphatic rings. The second-order valence-electron chi connectivity index (χ2n) is 5.01. The van der Waals surface area contributed by atoms with Crippen LogP contribution in [0.3, 0.4) is 0 Å². The highest BCUT2D eigenvalue weighted by molar-refractivity contribution is 5.82. The number of amides is 1. The highest BCUT2D eigenvalue weighted by Gasteiger charge is 2.27. The first-order chi connectivity index (χ1) is 8.61. The van der Waals surface area contributed by atoms with Crippen LogP contribution in [0.2, 0.25) is 0 Å². The molecule has 1 aromatic rings. The van der Waals surface area contributed by atoms with Gasteiger partial charge in [0.1, 0.15) is 0 Å². The summed E-state index contributed by atoms with van der Waals surface area (Å²) in [7, 11) is 0. The van der Waals surface area contributed by atoms with Crippen molar-refractivity contribution >= 4 is 5.91 Å². The predicted molar refractivity (Wildman–Crippen MR) is 66.8 cm³/mol. The molecule has 0 saturated heterocycles. The van der Waals surface area contributed by atoms with Gasteiger partial charge in [0.05, 0.1) is 36.4 Å². The van der Waals surface area contributed by atoms with Crippen molar-refractivity contribution in [2.45, 2.75) is 38.9 Å². The molecule has 0 bridgehead atoms. The SMILES string of the molecule is CC(C)[C@@H](CO)NC(=O)C1Cc2nc[nH]c2CN1. The first-order valence-electron chi connectivity index (χ1n) is 6.27. The van der Waals surface area contributed by atoms with Crippen LogP contribution < -0.4 is 10.6 Å². The van der Waals surface area contributed by atoms with Crippen LogP contribution >= 0.6 is 0 Å². The number of aliphatic hydroxyl groups excluding tert-OH is 1. The summed E-state index contributed by atoms with van der Waals surface area (Å²) in [6.07, 6.45) is 2.23. The smallest absolute Gasteiger partial charge is 0.237 e. The van der Waals surface area contributed by atoms with Crippen LogP contribution in [-0.4, -0.2) is 39.7 Å². The number of imidazole rings is 1. The summed E-state index contributed by atoms with van der Waals surface area (Å²) in [6.45, 7) is 4.53. The summed E-state index contributed by atoms with van der Waals surface area (Å²) in [4.78, 5) is 19.3. The number of aromatic amines is 1. The Morgan fingerprint density at radius 3 is 3.11 bits per heavy atom. The highest BCUT2D eigenvalue weighted by Crippen LogP contribution is 2.12. The number of aliphatic hydroxyl groups is 1. The van der Waals surface area contributed by atoms with Crippen molar-refractivity contribution in [2.75, 3.05) is 6.61 Å². The van der Waals surface area contributed by atoms with Crippen LogP contribution in [0.15, 0.2) is 6.33 Å². The molecule has 2 rings (SSSR count). The van der Waals surface area contributed by atoms with E-state index in [0.29, 0.717) is 13.0 Å². The van der Waals surface area contributed by atoms with E-state index in [2.05, 4.69) is 20.6 Å². The van der Waals surface area contributed by atoms with Gasteiger partial charge in [-0.2, -0.15) is 0 Å². The monoisotopic (exact) mass is 252 g/mol. The molecule has 0 saturated carbocycles. The van der Waals surface area contributed by atoms with Crippen LogP contribution in [-0.2, 0) is 17.8 Å². The van der Waals surface area contributed by atoms with Crippen LogP contribution in [0.5, 0.6) is 0 Å². The third-order valence-electron chi connectivity index (χ3n) is 3.38. The second kappa shape index (κ2) is 5.49. The molecule has 100 valence electrons. The molecule has 4 N–H and O–H groups in total. The maximum atomic E-state index is 12.1. The van der Waals surface area contributed by atoms with E-state index >= 15 is 0 Å². The lowest BCUT2D eigenvalue weighted by Crippen LogP contribution is -2.52. The normalized spacial score (nSPS) is 20.6. The molecule has 18 heavy (non-hydrogen) atoms. The van der Waals surface area contributed by atoms with Gasteiger partial charge in [-0.1, -0.05) is 13.8 Å². The van der Waals surface area contributed by atoms with E-state index in [-0.39, 0.29) is 30.5 Å². The van der Waals surface area contributed by atoms with Crippen molar-refractivity contribution in [1.29, 1.82) is 0 Å². The Bertz CT molecular complexity index is 416. The molecule has 1 aromatic heterocycles. The molecule has 6 nitrogen and oxygen atoms in total. The van der Waals surface area contributed by atoms with Crippen molar-refractivity contribution in [3.63, 3.8) is 0 Å². The molecule has 0 fully saturated rings. The number of hydrogen-bond donors (Lipinski definition) is 4.